The molecule has 4 aromatic rings. The van der Waals surface area contributed by atoms with Crippen LogP contribution in [0.25, 0.3) is 33.1 Å². The fourth-order valence-corrected chi connectivity index (χ4v) is 2.43. The van der Waals surface area contributed by atoms with Gasteiger partial charge in [0.15, 0.2) is 0 Å². The third-order valence-corrected chi connectivity index (χ3v) is 3.26. The van der Waals surface area contributed by atoms with Crippen LogP contribution in [0.2, 0.25) is 0 Å². The Kier molecular flexibility index (Phi) is 1.86. The van der Waals surface area contributed by atoms with Gasteiger partial charge in [-0.3, -0.25) is 0 Å². The van der Waals surface area contributed by atoms with Gasteiger partial charge in [-0.2, -0.15) is 0 Å². The number of furan rings is 2. The lowest BCUT2D eigenvalue weighted by Crippen LogP contribution is -1.79. The largest absolute Gasteiger partial charge is 0.464 e. The van der Waals surface area contributed by atoms with Gasteiger partial charge in [-0.15, -0.1) is 0 Å². The lowest BCUT2D eigenvalue weighted by atomic mass is 10.0. The first-order valence-corrected chi connectivity index (χ1v) is 5.86. The van der Waals surface area contributed by atoms with E-state index >= 15 is 0 Å². The highest BCUT2D eigenvalue weighted by molar-refractivity contribution is 6.01. The van der Waals surface area contributed by atoms with Crippen LogP contribution in [0.1, 0.15) is 0 Å². The topological polar surface area (TPSA) is 26.3 Å². The standard InChI is InChI=1S/C16H10O2/c1-3-11-7-9-18-16(11)14(5-1)12-4-2-6-15-13(12)8-10-17-15/h1-10H. The number of para-hydroxylation sites is 1. The first-order chi connectivity index (χ1) is 8.93. The zero-order chi connectivity index (χ0) is 11.9. The molecule has 0 unspecified atom stereocenters. The van der Waals surface area contributed by atoms with Crippen LogP contribution in [0.5, 0.6) is 0 Å². The molecule has 0 aliphatic heterocycles. The van der Waals surface area contributed by atoms with Crippen molar-refractivity contribution in [1.82, 2.24) is 0 Å². The quantitative estimate of drug-likeness (QED) is 0.470. The van der Waals surface area contributed by atoms with Gasteiger partial charge in [0, 0.05) is 16.3 Å². The Hall–Kier alpha value is -2.48. The minimum absolute atomic E-state index is 0.899. The molecule has 0 bridgehead atoms. The average molecular weight is 234 g/mol. The Morgan fingerprint density at radius 3 is 2.50 bits per heavy atom. The fourth-order valence-electron chi connectivity index (χ4n) is 2.43. The Labute approximate surface area is 103 Å². The molecule has 0 amide bonds. The van der Waals surface area contributed by atoms with Crippen LogP contribution in [0.4, 0.5) is 0 Å². The summed E-state index contributed by atoms with van der Waals surface area (Å²) in [6.07, 6.45) is 3.44. The predicted molar refractivity (Wildman–Crippen MR) is 71.4 cm³/mol. The second-order valence-corrected chi connectivity index (χ2v) is 4.28. The lowest BCUT2D eigenvalue weighted by Gasteiger charge is -2.03. The summed E-state index contributed by atoms with van der Waals surface area (Å²) < 4.78 is 11.0. The molecule has 0 fully saturated rings. The van der Waals surface area contributed by atoms with Crippen molar-refractivity contribution in [2.24, 2.45) is 0 Å². The lowest BCUT2D eigenvalue weighted by molar-refractivity contribution is 0.616. The molecular weight excluding hydrogens is 224 g/mol. The van der Waals surface area contributed by atoms with Crippen LogP contribution in [0, 0.1) is 0 Å². The zero-order valence-corrected chi connectivity index (χ0v) is 9.59. The van der Waals surface area contributed by atoms with Gasteiger partial charge < -0.3 is 8.83 Å². The maximum absolute atomic E-state index is 5.60. The Morgan fingerprint density at radius 2 is 1.50 bits per heavy atom. The summed E-state index contributed by atoms with van der Waals surface area (Å²) >= 11 is 0. The van der Waals surface area contributed by atoms with Gasteiger partial charge in [-0.05, 0) is 23.8 Å². The molecule has 2 aromatic heterocycles. The third kappa shape index (κ3) is 1.23. The predicted octanol–water partition coefficient (Wildman–Crippen LogP) is 4.85. The minimum atomic E-state index is 0.899. The van der Waals surface area contributed by atoms with Gasteiger partial charge in [0.1, 0.15) is 11.2 Å². The number of benzene rings is 2. The molecule has 2 aromatic carbocycles. The van der Waals surface area contributed by atoms with Gasteiger partial charge in [0.25, 0.3) is 0 Å². The fraction of sp³-hybridized carbons (Fsp3) is 0. The first kappa shape index (κ1) is 9.54. The summed E-state index contributed by atoms with van der Waals surface area (Å²) in [4.78, 5) is 0. The van der Waals surface area contributed by atoms with Gasteiger partial charge in [-0.1, -0.05) is 30.3 Å². The molecule has 2 heterocycles. The minimum Gasteiger partial charge on any atom is -0.464 e. The molecule has 2 nitrogen and oxygen atoms in total. The Balaban J connectivity index is 2.13. The summed E-state index contributed by atoms with van der Waals surface area (Å²) in [5, 5.41) is 2.23. The van der Waals surface area contributed by atoms with Crippen molar-refractivity contribution >= 4 is 21.9 Å². The molecular formula is C16H10O2. The van der Waals surface area contributed by atoms with Crippen LogP contribution in [0.15, 0.2) is 69.9 Å². The first-order valence-electron chi connectivity index (χ1n) is 5.86. The Morgan fingerprint density at radius 1 is 0.667 bits per heavy atom. The van der Waals surface area contributed by atoms with E-state index in [1.54, 1.807) is 12.5 Å². The normalized spacial score (nSPS) is 11.3. The maximum Gasteiger partial charge on any atom is 0.141 e. The Bertz CT molecular complexity index is 764. The molecule has 0 aliphatic carbocycles. The molecule has 4 rings (SSSR count). The van der Waals surface area contributed by atoms with E-state index in [1.165, 1.54) is 0 Å². The van der Waals surface area contributed by atoms with Crippen molar-refractivity contribution in [3.8, 4) is 11.1 Å². The van der Waals surface area contributed by atoms with E-state index in [2.05, 4.69) is 18.2 Å². The molecule has 0 radical (unpaired) electrons. The van der Waals surface area contributed by atoms with Crippen LogP contribution in [0.3, 0.4) is 0 Å². The number of hydrogen-bond donors (Lipinski definition) is 0. The van der Waals surface area contributed by atoms with Crippen molar-refractivity contribution in [1.29, 1.82) is 0 Å². The van der Waals surface area contributed by atoms with Crippen LogP contribution in [-0.4, -0.2) is 0 Å². The van der Waals surface area contributed by atoms with Gasteiger partial charge >= 0.3 is 0 Å². The van der Waals surface area contributed by atoms with E-state index in [9.17, 15) is 0 Å². The molecule has 0 saturated carbocycles. The third-order valence-electron chi connectivity index (χ3n) is 3.26. The molecule has 0 aliphatic rings. The van der Waals surface area contributed by atoms with E-state index in [0.29, 0.717) is 0 Å². The maximum atomic E-state index is 5.60. The number of rotatable bonds is 1. The van der Waals surface area contributed by atoms with Gasteiger partial charge in [-0.25, -0.2) is 0 Å². The second-order valence-electron chi connectivity index (χ2n) is 4.28. The molecule has 18 heavy (non-hydrogen) atoms. The van der Waals surface area contributed by atoms with E-state index in [1.807, 2.05) is 30.3 Å². The summed E-state index contributed by atoms with van der Waals surface area (Å²) in [5.74, 6) is 0. The molecule has 2 heteroatoms. The molecule has 0 atom stereocenters. The van der Waals surface area contributed by atoms with Crippen molar-refractivity contribution in [2.45, 2.75) is 0 Å². The average Bonchev–Trinajstić information content (AvgIpc) is 3.06. The van der Waals surface area contributed by atoms with Crippen molar-refractivity contribution < 1.29 is 8.83 Å². The number of hydrogen-bond acceptors (Lipinski definition) is 2. The van der Waals surface area contributed by atoms with E-state index in [4.69, 9.17) is 8.83 Å². The molecule has 86 valence electrons. The van der Waals surface area contributed by atoms with Gasteiger partial charge in [0.2, 0.25) is 0 Å². The second kappa shape index (κ2) is 3.50. The summed E-state index contributed by atoms with van der Waals surface area (Å²) in [7, 11) is 0. The van der Waals surface area contributed by atoms with E-state index in [0.717, 1.165) is 33.1 Å². The van der Waals surface area contributed by atoms with E-state index < -0.39 is 0 Å². The van der Waals surface area contributed by atoms with E-state index in [-0.39, 0.29) is 0 Å². The van der Waals surface area contributed by atoms with Gasteiger partial charge in [0.05, 0.1) is 12.5 Å². The zero-order valence-electron chi connectivity index (χ0n) is 9.59. The van der Waals surface area contributed by atoms with Crippen LogP contribution >= 0.6 is 0 Å². The molecule has 0 N–H and O–H groups in total. The van der Waals surface area contributed by atoms with Crippen molar-refractivity contribution in [3.63, 3.8) is 0 Å². The monoisotopic (exact) mass is 234 g/mol. The van der Waals surface area contributed by atoms with Crippen LogP contribution in [-0.2, 0) is 0 Å². The summed E-state index contributed by atoms with van der Waals surface area (Å²) in [6, 6.07) is 16.2. The highest BCUT2D eigenvalue weighted by atomic mass is 16.3. The van der Waals surface area contributed by atoms with Crippen LogP contribution < -0.4 is 0 Å². The van der Waals surface area contributed by atoms with Crippen molar-refractivity contribution in [2.75, 3.05) is 0 Å². The molecule has 0 saturated heterocycles. The summed E-state index contributed by atoms with van der Waals surface area (Å²) in [6.45, 7) is 0. The van der Waals surface area contributed by atoms with Crippen molar-refractivity contribution in [3.05, 3.63) is 61.1 Å². The molecule has 0 spiro atoms. The smallest absolute Gasteiger partial charge is 0.141 e. The highest BCUT2D eigenvalue weighted by Crippen LogP contribution is 2.34. The number of fused-ring (bicyclic) bond motifs is 2. The SMILES string of the molecule is c1cc(-c2cccc3occc23)c2occc2c1. The highest BCUT2D eigenvalue weighted by Gasteiger charge is 2.10. The summed E-state index contributed by atoms with van der Waals surface area (Å²) in [5.41, 5.74) is 4.06.